The first kappa shape index (κ1) is 18.5. The predicted octanol–water partition coefficient (Wildman–Crippen LogP) is 1.81. The number of carbonyl (C=O) groups is 2. The van der Waals surface area contributed by atoms with Crippen molar-refractivity contribution in [2.75, 3.05) is 20.3 Å². The molecule has 3 rings (SSSR count). The second-order valence-corrected chi connectivity index (χ2v) is 6.01. The van der Waals surface area contributed by atoms with Crippen molar-refractivity contribution in [1.29, 1.82) is 0 Å². The Kier molecular flexibility index (Phi) is 5.14. The number of rotatable bonds is 5. The summed E-state index contributed by atoms with van der Waals surface area (Å²) in [6.45, 7) is -0.423. The van der Waals surface area contributed by atoms with Crippen LogP contribution in [0.3, 0.4) is 0 Å². The quantitative estimate of drug-likeness (QED) is 0.422. The molecular formula is C20H19NO6. The van der Waals surface area contributed by atoms with E-state index in [0.29, 0.717) is 11.1 Å². The number of β-amino-alcohol motifs (C(OH)–C–C–N with tert-alkyl or cyclic N) is 1. The number of aliphatic hydroxyl groups is 2. The second-order valence-electron chi connectivity index (χ2n) is 6.01. The second kappa shape index (κ2) is 7.51. The van der Waals surface area contributed by atoms with E-state index >= 15 is 0 Å². The Balaban J connectivity index is 2.21. The van der Waals surface area contributed by atoms with Gasteiger partial charge in [-0.2, -0.15) is 0 Å². The molecule has 1 saturated heterocycles. The van der Waals surface area contributed by atoms with Gasteiger partial charge in [0.15, 0.2) is 11.5 Å². The highest BCUT2D eigenvalue weighted by Gasteiger charge is 2.46. The average Bonchev–Trinajstić information content (AvgIpc) is 2.94. The largest absolute Gasteiger partial charge is 0.507 e. The highest BCUT2D eigenvalue weighted by molar-refractivity contribution is 6.46. The molecule has 140 valence electrons. The number of ketones is 1. The van der Waals surface area contributed by atoms with Gasteiger partial charge in [-0.25, -0.2) is 0 Å². The van der Waals surface area contributed by atoms with Gasteiger partial charge in [0.25, 0.3) is 11.7 Å². The Hall–Kier alpha value is -3.32. The van der Waals surface area contributed by atoms with Gasteiger partial charge in [-0.05, 0) is 17.7 Å². The first-order chi connectivity index (χ1) is 13.0. The number of methoxy groups -OCH3 is 1. The minimum absolute atomic E-state index is 0.0765. The molecule has 0 saturated carbocycles. The van der Waals surface area contributed by atoms with E-state index in [0.717, 1.165) is 0 Å². The molecule has 0 aliphatic carbocycles. The van der Waals surface area contributed by atoms with Crippen molar-refractivity contribution >= 4 is 17.4 Å². The molecule has 1 heterocycles. The zero-order valence-corrected chi connectivity index (χ0v) is 14.6. The van der Waals surface area contributed by atoms with Gasteiger partial charge in [0.1, 0.15) is 5.76 Å². The molecule has 0 radical (unpaired) electrons. The van der Waals surface area contributed by atoms with Crippen LogP contribution in [0.25, 0.3) is 5.76 Å². The monoisotopic (exact) mass is 369 g/mol. The molecule has 0 unspecified atom stereocenters. The summed E-state index contributed by atoms with van der Waals surface area (Å²) in [4.78, 5) is 26.3. The molecule has 1 atom stereocenters. The van der Waals surface area contributed by atoms with E-state index in [1.54, 1.807) is 30.3 Å². The first-order valence-corrected chi connectivity index (χ1v) is 8.31. The zero-order valence-electron chi connectivity index (χ0n) is 14.6. The highest BCUT2D eigenvalue weighted by atomic mass is 16.5. The Bertz CT molecular complexity index is 906. The number of ether oxygens (including phenoxy) is 1. The molecule has 0 aromatic heterocycles. The topological polar surface area (TPSA) is 107 Å². The minimum atomic E-state index is -0.910. The van der Waals surface area contributed by atoms with E-state index < -0.39 is 17.7 Å². The van der Waals surface area contributed by atoms with Crippen molar-refractivity contribution < 1.29 is 29.6 Å². The fraction of sp³-hybridized carbons (Fsp3) is 0.200. The predicted molar refractivity (Wildman–Crippen MR) is 97.2 cm³/mol. The Labute approximate surface area is 155 Å². The molecule has 1 fully saturated rings. The summed E-state index contributed by atoms with van der Waals surface area (Å²) in [6, 6.07) is 11.9. The summed E-state index contributed by atoms with van der Waals surface area (Å²) in [6.07, 6.45) is 0. The summed E-state index contributed by atoms with van der Waals surface area (Å²) in [7, 11) is 1.38. The third-order valence-electron chi connectivity index (χ3n) is 4.45. The van der Waals surface area contributed by atoms with Crippen LogP contribution in [0.1, 0.15) is 17.2 Å². The maximum atomic E-state index is 12.6. The number of nitrogens with zero attached hydrogens (tertiary/aromatic N) is 1. The van der Waals surface area contributed by atoms with Gasteiger partial charge in [-0.3, -0.25) is 9.59 Å². The number of Topliss-reactive ketones (excluding diaryl/α,β-unsaturated/α-hetero) is 1. The average molecular weight is 369 g/mol. The number of phenolic OH excluding ortho intramolecular Hbond substituents is 1. The highest BCUT2D eigenvalue weighted by Crippen LogP contribution is 2.41. The summed E-state index contributed by atoms with van der Waals surface area (Å²) < 4.78 is 5.11. The molecule has 2 aromatic carbocycles. The summed E-state index contributed by atoms with van der Waals surface area (Å²) in [5.74, 6) is -1.86. The number of likely N-dealkylation sites (tertiary alicyclic amines) is 1. The number of amides is 1. The molecule has 1 aliphatic heterocycles. The number of aromatic hydroxyl groups is 1. The Morgan fingerprint density at radius 1 is 1.15 bits per heavy atom. The number of phenols is 1. The molecule has 1 aliphatic rings. The Morgan fingerprint density at radius 2 is 1.85 bits per heavy atom. The van der Waals surface area contributed by atoms with E-state index in [9.17, 15) is 24.9 Å². The van der Waals surface area contributed by atoms with Crippen molar-refractivity contribution in [2.24, 2.45) is 0 Å². The van der Waals surface area contributed by atoms with Gasteiger partial charge >= 0.3 is 0 Å². The fourth-order valence-electron chi connectivity index (χ4n) is 3.18. The van der Waals surface area contributed by atoms with E-state index in [-0.39, 0.29) is 36.0 Å². The van der Waals surface area contributed by atoms with Crippen molar-refractivity contribution in [3.05, 3.63) is 65.2 Å². The van der Waals surface area contributed by atoms with E-state index in [1.807, 2.05) is 0 Å². The molecule has 7 heteroatoms. The van der Waals surface area contributed by atoms with Crippen molar-refractivity contribution in [3.8, 4) is 11.5 Å². The van der Waals surface area contributed by atoms with Crippen LogP contribution in [0.4, 0.5) is 0 Å². The maximum Gasteiger partial charge on any atom is 0.295 e. The summed E-state index contributed by atoms with van der Waals surface area (Å²) >= 11 is 0. The number of hydrogen-bond donors (Lipinski definition) is 3. The molecule has 7 nitrogen and oxygen atoms in total. The third kappa shape index (κ3) is 3.24. The molecule has 3 N–H and O–H groups in total. The lowest BCUT2D eigenvalue weighted by Gasteiger charge is -2.25. The van der Waals surface area contributed by atoms with Crippen LogP contribution in [-0.2, 0) is 9.59 Å². The van der Waals surface area contributed by atoms with Crippen LogP contribution in [0, 0.1) is 0 Å². The van der Waals surface area contributed by atoms with Gasteiger partial charge < -0.3 is 25.0 Å². The van der Waals surface area contributed by atoms with Crippen molar-refractivity contribution in [2.45, 2.75) is 6.04 Å². The van der Waals surface area contributed by atoms with Gasteiger partial charge in [-0.15, -0.1) is 0 Å². The minimum Gasteiger partial charge on any atom is -0.507 e. The normalized spacial score (nSPS) is 18.7. The molecule has 1 amide bonds. The maximum absolute atomic E-state index is 12.6. The number of benzene rings is 2. The van der Waals surface area contributed by atoms with Gasteiger partial charge in [0.2, 0.25) is 0 Å². The van der Waals surface area contributed by atoms with E-state index in [4.69, 9.17) is 4.74 Å². The standard InChI is InChI=1S/C20H19NO6/c1-27-15-11-13(7-8-14(15)23)17-16(18(24)12-5-3-2-4-6-12)19(25)20(26)21(17)9-10-22/h2-8,11,17,22-24H,9-10H2,1H3/t17-/m0/s1. The lowest BCUT2D eigenvalue weighted by Crippen LogP contribution is -2.32. The summed E-state index contributed by atoms with van der Waals surface area (Å²) in [5.41, 5.74) is 0.789. The van der Waals surface area contributed by atoms with Crippen LogP contribution < -0.4 is 4.74 Å². The number of hydrogen-bond acceptors (Lipinski definition) is 6. The van der Waals surface area contributed by atoms with Crippen LogP contribution in [0.2, 0.25) is 0 Å². The van der Waals surface area contributed by atoms with Gasteiger partial charge in [0.05, 0.1) is 25.3 Å². The van der Waals surface area contributed by atoms with E-state index in [1.165, 1.54) is 30.2 Å². The van der Waals surface area contributed by atoms with Crippen LogP contribution in [0.5, 0.6) is 11.5 Å². The van der Waals surface area contributed by atoms with E-state index in [2.05, 4.69) is 0 Å². The SMILES string of the molecule is COc1cc([C@H]2C(=C(O)c3ccccc3)C(=O)C(=O)N2CCO)ccc1O. The van der Waals surface area contributed by atoms with Crippen molar-refractivity contribution in [3.63, 3.8) is 0 Å². The smallest absolute Gasteiger partial charge is 0.295 e. The molecule has 0 bridgehead atoms. The molecule has 27 heavy (non-hydrogen) atoms. The fourth-order valence-corrected chi connectivity index (χ4v) is 3.18. The lowest BCUT2D eigenvalue weighted by molar-refractivity contribution is -0.140. The van der Waals surface area contributed by atoms with Crippen LogP contribution in [0.15, 0.2) is 54.1 Å². The molecular weight excluding hydrogens is 350 g/mol. The number of aliphatic hydroxyl groups excluding tert-OH is 2. The van der Waals surface area contributed by atoms with Gasteiger partial charge in [0, 0.05) is 12.1 Å². The Morgan fingerprint density at radius 3 is 2.48 bits per heavy atom. The molecule has 0 spiro atoms. The van der Waals surface area contributed by atoms with Crippen molar-refractivity contribution in [1.82, 2.24) is 4.90 Å². The molecule has 2 aromatic rings. The lowest BCUT2D eigenvalue weighted by atomic mass is 9.95. The van der Waals surface area contributed by atoms with Crippen LogP contribution in [-0.4, -0.2) is 52.2 Å². The summed E-state index contributed by atoms with van der Waals surface area (Å²) in [5, 5.41) is 29.9. The van der Waals surface area contributed by atoms with Gasteiger partial charge in [-0.1, -0.05) is 36.4 Å². The third-order valence-corrected chi connectivity index (χ3v) is 4.45. The van der Waals surface area contributed by atoms with Crippen LogP contribution >= 0.6 is 0 Å². The zero-order chi connectivity index (χ0) is 19.6. The first-order valence-electron chi connectivity index (χ1n) is 8.31. The number of carbonyl (C=O) groups excluding carboxylic acids is 2.